The summed E-state index contributed by atoms with van der Waals surface area (Å²) in [6.07, 6.45) is 0. The van der Waals surface area contributed by atoms with Gasteiger partial charge in [-0.25, -0.2) is 0 Å². The summed E-state index contributed by atoms with van der Waals surface area (Å²) in [5.74, 6) is 0. The van der Waals surface area contributed by atoms with Crippen molar-refractivity contribution in [3.8, 4) is 0 Å². The number of anilines is 1. The number of aryl methyl sites for hydroxylation is 1. The van der Waals surface area contributed by atoms with E-state index in [0.29, 0.717) is 10.5 Å². The number of rotatable bonds is 2. The minimum Gasteiger partial charge on any atom is -0.359 e. The van der Waals surface area contributed by atoms with Crippen molar-refractivity contribution in [2.75, 3.05) is 5.32 Å². The molecule has 0 spiro atoms. The maximum atomic E-state index is 11.8. The topological polar surface area (TPSA) is 42.0 Å². The third-order valence-corrected chi connectivity index (χ3v) is 3.17. The van der Waals surface area contributed by atoms with E-state index in [1.165, 1.54) is 11.3 Å². The van der Waals surface area contributed by atoms with Gasteiger partial charge in [-0.15, -0.1) is 0 Å². The van der Waals surface area contributed by atoms with Gasteiger partial charge in [-0.3, -0.25) is 4.79 Å². The van der Waals surface area contributed by atoms with Crippen LogP contribution in [0, 0.1) is 6.92 Å². The van der Waals surface area contributed by atoms with Crippen LogP contribution in [0.2, 0.25) is 0 Å². The molecule has 0 bridgehead atoms. The van der Waals surface area contributed by atoms with Crippen LogP contribution in [-0.4, -0.2) is 11.0 Å². The van der Waals surface area contributed by atoms with E-state index in [2.05, 4.69) is 10.3 Å². The number of nitrogens with zero attached hydrogens (tertiary/aromatic N) is 1. The van der Waals surface area contributed by atoms with E-state index in [1.807, 2.05) is 39.0 Å². The second-order valence-electron chi connectivity index (χ2n) is 4.12. The van der Waals surface area contributed by atoms with Crippen LogP contribution in [0.5, 0.6) is 0 Å². The largest absolute Gasteiger partial charge is 0.359 e. The van der Waals surface area contributed by atoms with Gasteiger partial charge in [-0.05, 0) is 32.9 Å². The number of hydrogen-bond donors (Lipinski definition) is 1. The Kier molecular flexibility index (Phi) is 2.92. The van der Waals surface area contributed by atoms with Gasteiger partial charge >= 0.3 is 0 Å². The smallest absolute Gasteiger partial charge is 0.281 e. The summed E-state index contributed by atoms with van der Waals surface area (Å²) >= 11 is 1.52. The van der Waals surface area contributed by atoms with Crippen molar-refractivity contribution in [1.29, 1.82) is 0 Å². The third kappa shape index (κ3) is 2.22. The Hall–Kier alpha value is -1.42. The molecule has 3 nitrogen and oxygen atoms in total. The molecule has 0 saturated carbocycles. The molecule has 2 rings (SSSR count). The second-order valence-corrected chi connectivity index (χ2v) is 5.15. The highest BCUT2D eigenvalue weighted by Crippen LogP contribution is 2.21. The van der Waals surface area contributed by atoms with Crippen molar-refractivity contribution in [3.63, 3.8) is 0 Å². The van der Waals surface area contributed by atoms with Crippen LogP contribution in [0.3, 0.4) is 0 Å². The molecular formula is C12H14N2OS. The fraction of sp³-hybridized carbons (Fsp3) is 0.333. The lowest BCUT2D eigenvalue weighted by atomic mass is 10.2. The molecule has 0 aliphatic carbocycles. The number of fused-ring (bicyclic) bond motifs is 1. The van der Waals surface area contributed by atoms with E-state index < -0.39 is 0 Å². The first-order valence-corrected chi connectivity index (χ1v) is 6.06. The SMILES string of the molecule is Cc1ccc2sc(NC(C)C)nc(=O)c2c1. The maximum Gasteiger partial charge on any atom is 0.281 e. The number of hydrogen-bond acceptors (Lipinski definition) is 4. The fourth-order valence-electron chi connectivity index (χ4n) is 1.49. The van der Waals surface area contributed by atoms with Gasteiger partial charge in [0.05, 0.1) is 5.39 Å². The molecular weight excluding hydrogens is 220 g/mol. The number of aromatic nitrogens is 1. The Balaban J connectivity index is 2.59. The van der Waals surface area contributed by atoms with Gasteiger partial charge in [0.1, 0.15) is 0 Å². The van der Waals surface area contributed by atoms with Gasteiger partial charge in [-0.1, -0.05) is 23.0 Å². The third-order valence-electron chi connectivity index (χ3n) is 2.19. The molecule has 0 amide bonds. The van der Waals surface area contributed by atoms with E-state index >= 15 is 0 Å². The van der Waals surface area contributed by atoms with Crippen LogP contribution in [0.25, 0.3) is 10.1 Å². The Morgan fingerprint density at radius 1 is 1.38 bits per heavy atom. The molecule has 16 heavy (non-hydrogen) atoms. The fourth-order valence-corrected chi connectivity index (χ4v) is 2.51. The van der Waals surface area contributed by atoms with Gasteiger partial charge in [0, 0.05) is 10.7 Å². The van der Waals surface area contributed by atoms with Crippen molar-refractivity contribution in [3.05, 3.63) is 34.1 Å². The summed E-state index contributed by atoms with van der Waals surface area (Å²) in [6.45, 7) is 6.03. The summed E-state index contributed by atoms with van der Waals surface area (Å²) in [6, 6.07) is 6.16. The normalized spacial score (nSPS) is 11.0. The molecule has 0 atom stereocenters. The number of benzene rings is 1. The van der Waals surface area contributed by atoms with Crippen LogP contribution < -0.4 is 10.9 Å². The van der Waals surface area contributed by atoms with Crippen molar-refractivity contribution < 1.29 is 0 Å². The Morgan fingerprint density at radius 3 is 2.81 bits per heavy atom. The minimum atomic E-state index is -0.152. The molecule has 0 aliphatic heterocycles. The van der Waals surface area contributed by atoms with Crippen molar-refractivity contribution in [1.82, 2.24) is 4.98 Å². The van der Waals surface area contributed by atoms with Gasteiger partial charge < -0.3 is 5.32 Å². The summed E-state index contributed by atoms with van der Waals surface area (Å²) < 4.78 is 0.980. The molecule has 2 aromatic rings. The molecule has 1 aromatic heterocycles. The molecule has 4 heteroatoms. The van der Waals surface area contributed by atoms with Gasteiger partial charge in [0.2, 0.25) is 0 Å². The van der Waals surface area contributed by atoms with Crippen LogP contribution in [0.4, 0.5) is 5.13 Å². The zero-order chi connectivity index (χ0) is 11.7. The molecule has 1 aromatic carbocycles. The average molecular weight is 234 g/mol. The predicted molar refractivity (Wildman–Crippen MR) is 69.4 cm³/mol. The summed E-state index contributed by atoms with van der Waals surface area (Å²) in [5.41, 5.74) is 0.934. The highest BCUT2D eigenvalue weighted by atomic mass is 32.1. The molecule has 0 fully saturated rings. The lowest BCUT2D eigenvalue weighted by molar-refractivity contribution is 0.894. The standard InChI is InChI=1S/C12H14N2OS/c1-7(2)13-12-14-11(15)9-6-8(3)4-5-10(9)16-12/h4-7H,1-3H3,(H,13,14,15). The first-order chi connectivity index (χ1) is 7.56. The molecule has 0 radical (unpaired) electrons. The minimum absolute atomic E-state index is 0.152. The van der Waals surface area contributed by atoms with E-state index in [0.717, 1.165) is 10.3 Å². The average Bonchev–Trinajstić information content (AvgIpc) is 2.18. The van der Waals surface area contributed by atoms with E-state index in [4.69, 9.17) is 0 Å². The Morgan fingerprint density at radius 2 is 2.12 bits per heavy atom. The van der Waals surface area contributed by atoms with Crippen molar-refractivity contribution in [2.24, 2.45) is 0 Å². The quantitative estimate of drug-likeness (QED) is 0.868. The predicted octanol–water partition coefficient (Wildman–Crippen LogP) is 2.79. The molecule has 1 heterocycles. The van der Waals surface area contributed by atoms with Gasteiger partial charge in [0.15, 0.2) is 5.13 Å². The molecule has 1 N–H and O–H groups in total. The molecule has 0 saturated heterocycles. The van der Waals surface area contributed by atoms with Crippen LogP contribution in [0.1, 0.15) is 19.4 Å². The Labute approximate surface area is 98.2 Å². The summed E-state index contributed by atoms with van der Waals surface area (Å²) in [4.78, 5) is 15.8. The Bertz CT molecular complexity index is 575. The lowest BCUT2D eigenvalue weighted by Gasteiger charge is -2.08. The lowest BCUT2D eigenvalue weighted by Crippen LogP contribution is -2.14. The molecule has 0 aliphatic rings. The van der Waals surface area contributed by atoms with E-state index in [-0.39, 0.29) is 11.6 Å². The zero-order valence-corrected chi connectivity index (χ0v) is 10.4. The number of nitrogens with one attached hydrogen (secondary N) is 1. The van der Waals surface area contributed by atoms with Crippen LogP contribution in [0.15, 0.2) is 23.0 Å². The molecule has 0 unspecified atom stereocenters. The zero-order valence-electron chi connectivity index (χ0n) is 9.57. The monoisotopic (exact) mass is 234 g/mol. The van der Waals surface area contributed by atoms with Crippen molar-refractivity contribution >= 4 is 26.6 Å². The van der Waals surface area contributed by atoms with E-state index in [1.54, 1.807) is 0 Å². The van der Waals surface area contributed by atoms with Crippen LogP contribution >= 0.6 is 11.3 Å². The summed E-state index contributed by atoms with van der Waals surface area (Å²) in [5, 5.41) is 4.56. The maximum absolute atomic E-state index is 11.8. The highest BCUT2D eigenvalue weighted by Gasteiger charge is 2.05. The molecule has 84 valence electrons. The van der Waals surface area contributed by atoms with Gasteiger partial charge in [0.25, 0.3) is 5.56 Å². The van der Waals surface area contributed by atoms with E-state index in [9.17, 15) is 4.79 Å². The highest BCUT2D eigenvalue weighted by molar-refractivity contribution is 7.21. The first-order valence-electron chi connectivity index (χ1n) is 5.24. The van der Waals surface area contributed by atoms with Crippen molar-refractivity contribution in [2.45, 2.75) is 26.8 Å². The summed E-state index contributed by atoms with van der Waals surface area (Å²) in [7, 11) is 0. The van der Waals surface area contributed by atoms with Gasteiger partial charge in [-0.2, -0.15) is 4.98 Å². The van der Waals surface area contributed by atoms with Crippen LogP contribution in [-0.2, 0) is 0 Å². The first kappa shape index (κ1) is 11.1. The second kappa shape index (κ2) is 4.22.